The number of fused-ring (bicyclic) bond motifs is 1. The number of hydrogen-bond acceptors (Lipinski definition) is 7. The van der Waals surface area contributed by atoms with E-state index in [0.717, 1.165) is 43.2 Å². The van der Waals surface area contributed by atoms with Gasteiger partial charge in [-0.3, -0.25) is 15.0 Å². The molecule has 0 radical (unpaired) electrons. The minimum atomic E-state index is -0.414. The van der Waals surface area contributed by atoms with E-state index in [1.165, 1.54) is 0 Å². The predicted octanol–water partition coefficient (Wildman–Crippen LogP) is 2.64. The predicted molar refractivity (Wildman–Crippen MR) is 116 cm³/mol. The van der Waals surface area contributed by atoms with E-state index in [2.05, 4.69) is 16.8 Å². The number of benzene rings is 1. The molecule has 158 valence electrons. The number of imidazole rings is 1. The number of ether oxygens (including phenoxy) is 1. The van der Waals surface area contributed by atoms with E-state index in [-0.39, 0.29) is 11.4 Å². The van der Waals surface area contributed by atoms with Crippen molar-refractivity contribution < 1.29 is 9.66 Å². The first-order valence-electron chi connectivity index (χ1n) is 10.0. The van der Waals surface area contributed by atoms with Crippen molar-refractivity contribution >= 4 is 17.0 Å². The minimum absolute atomic E-state index is 0.0588. The molecular weight excluding hydrogens is 384 g/mol. The zero-order chi connectivity index (χ0) is 21.3. The summed E-state index contributed by atoms with van der Waals surface area (Å²) in [6.45, 7) is 6.77. The number of rotatable bonds is 6. The molecule has 9 nitrogen and oxygen atoms in total. The third-order valence-electron chi connectivity index (χ3n) is 5.44. The second-order valence-corrected chi connectivity index (χ2v) is 7.55. The second kappa shape index (κ2) is 8.29. The lowest BCUT2D eigenvalue weighted by atomic mass is 10.1. The molecule has 1 aliphatic rings. The lowest BCUT2D eigenvalue weighted by Gasteiger charge is -2.32. The Balaban J connectivity index is 1.80. The number of nitrogens with two attached hydrogens (primary N) is 1. The van der Waals surface area contributed by atoms with Crippen LogP contribution in [0.1, 0.15) is 12.6 Å². The highest BCUT2D eigenvalue weighted by atomic mass is 16.6. The molecule has 0 atom stereocenters. The number of nitro groups is 1. The lowest BCUT2D eigenvalue weighted by Crippen LogP contribution is -2.44. The molecule has 0 amide bonds. The number of likely N-dealkylation sites (N-methyl/N-ethyl adjacent to an activating group) is 1. The molecule has 1 saturated heterocycles. The van der Waals surface area contributed by atoms with E-state index in [4.69, 9.17) is 15.5 Å². The Kier molecular flexibility index (Phi) is 5.56. The molecular formula is C21H26N6O3. The molecule has 3 aromatic rings. The Morgan fingerprint density at radius 2 is 1.97 bits per heavy atom. The van der Waals surface area contributed by atoms with Crippen molar-refractivity contribution in [2.45, 2.75) is 13.5 Å². The van der Waals surface area contributed by atoms with Crippen LogP contribution in [0.4, 0.5) is 11.4 Å². The fourth-order valence-electron chi connectivity index (χ4n) is 3.79. The van der Waals surface area contributed by atoms with Crippen LogP contribution in [0, 0.1) is 10.1 Å². The number of nitrogens with zero attached hydrogens (tertiary/aromatic N) is 5. The van der Waals surface area contributed by atoms with Gasteiger partial charge in [0.25, 0.3) is 0 Å². The lowest BCUT2D eigenvalue weighted by molar-refractivity contribution is -0.385. The highest BCUT2D eigenvalue weighted by Gasteiger charge is 2.23. The molecule has 0 spiro atoms. The summed E-state index contributed by atoms with van der Waals surface area (Å²) in [5.41, 5.74) is 9.77. The Morgan fingerprint density at radius 1 is 1.20 bits per heavy atom. The van der Waals surface area contributed by atoms with Gasteiger partial charge < -0.3 is 19.8 Å². The molecule has 9 heteroatoms. The summed E-state index contributed by atoms with van der Waals surface area (Å²) in [5, 5.41) is 11.6. The van der Waals surface area contributed by atoms with E-state index >= 15 is 0 Å². The monoisotopic (exact) mass is 410 g/mol. The van der Waals surface area contributed by atoms with Gasteiger partial charge in [-0.05, 0) is 38.2 Å². The number of aromatic nitrogens is 2. The van der Waals surface area contributed by atoms with Crippen LogP contribution in [-0.2, 0) is 6.54 Å². The Morgan fingerprint density at radius 3 is 2.67 bits per heavy atom. The van der Waals surface area contributed by atoms with Gasteiger partial charge in [-0.25, -0.2) is 4.98 Å². The van der Waals surface area contributed by atoms with Crippen molar-refractivity contribution in [3.8, 4) is 17.0 Å². The Bertz CT molecular complexity index is 1070. The molecule has 2 N–H and O–H groups in total. The van der Waals surface area contributed by atoms with Crippen molar-refractivity contribution in [3.05, 3.63) is 52.3 Å². The summed E-state index contributed by atoms with van der Waals surface area (Å²) in [4.78, 5) is 20.7. The number of nitrogen functional groups attached to an aromatic ring is 1. The third-order valence-corrected chi connectivity index (χ3v) is 5.44. The van der Waals surface area contributed by atoms with Gasteiger partial charge in [-0.15, -0.1) is 0 Å². The van der Waals surface area contributed by atoms with E-state index < -0.39 is 4.92 Å². The van der Waals surface area contributed by atoms with Crippen molar-refractivity contribution in [1.82, 2.24) is 19.2 Å². The molecule has 30 heavy (non-hydrogen) atoms. The number of nitro benzene ring substituents is 1. The average Bonchev–Trinajstić information content (AvgIpc) is 3.07. The van der Waals surface area contributed by atoms with Crippen molar-refractivity contribution in [2.24, 2.45) is 0 Å². The van der Waals surface area contributed by atoms with Crippen LogP contribution >= 0.6 is 0 Å². The summed E-state index contributed by atoms with van der Waals surface area (Å²) in [6.07, 6.45) is 1.86. The number of piperazine rings is 1. The molecule has 4 rings (SSSR count). The first-order valence-corrected chi connectivity index (χ1v) is 10.0. The smallest absolute Gasteiger partial charge is 0.311 e. The molecule has 1 aliphatic heterocycles. The second-order valence-electron chi connectivity index (χ2n) is 7.55. The molecule has 0 unspecified atom stereocenters. The first-order chi connectivity index (χ1) is 14.5. The maximum absolute atomic E-state index is 11.6. The van der Waals surface area contributed by atoms with Gasteiger partial charge in [0, 0.05) is 56.2 Å². The maximum Gasteiger partial charge on any atom is 0.311 e. The molecule has 0 saturated carbocycles. The van der Waals surface area contributed by atoms with Crippen LogP contribution in [0.3, 0.4) is 0 Å². The highest BCUT2D eigenvalue weighted by molar-refractivity contribution is 5.71. The number of hydrogen-bond donors (Lipinski definition) is 1. The van der Waals surface area contributed by atoms with Gasteiger partial charge in [0.05, 0.1) is 22.9 Å². The summed E-state index contributed by atoms with van der Waals surface area (Å²) in [5.74, 6) is 0.264. The molecule has 0 bridgehead atoms. The molecule has 0 aliphatic carbocycles. The van der Waals surface area contributed by atoms with Gasteiger partial charge in [-0.2, -0.15) is 0 Å². The first kappa shape index (κ1) is 20.1. The topological polar surface area (TPSA) is 102 Å². The van der Waals surface area contributed by atoms with Crippen LogP contribution in [0.15, 0.2) is 36.5 Å². The highest BCUT2D eigenvalue weighted by Crippen LogP contribution is 2.34. The largest absolute Gasteiger partial charge is 0.487 e. The van der Waals surface area contributed by atoms with Crippen LogP contribution in [-0.4, -0.2) is 63.9 Å². The fourth-order valence-corrected chi connectivity index (χ4v) is 3.79. The summed E-state index contributed by atoms with van der Waals surface area (Å²) >= 11 is 0. The normalized spacial score (nSPS) is 15.5. The molecule has 2 aromatic heterocycles. The molecule has 1 aromatic carbocycles. The maximum atomic E-state index is 11.6. The van der Waals surface area contributed by atoms with Crippen LogP contribution < -0.4 is 10.5 Å². The quantitative estimate of drug-likeness (QED) is 0.492. The fraction of sp³-hybridized carbons (Fsp3) is 0.381. The summed E-state index contributed by atoms with van der Waals surface area (Å²) in [7, 11) is 2.12. The number of pyridine rings is 1. The van der Waals surface area contributed by atoms with Gasteiger partial charge in [0.2, 0.25) is 0 Å². The minimum Gasteiger partial charge on any atom is -0.487 e. The SMILES string of the molecule is CCOc1ccc(-c2nc3ccc(N)cn3c2CN2CCN(C)CC2)cc1[N+](=O)[O-]. The van der Waals surface area contributed by atoms with E-state index in [9.17, 15) is 10.1 Å². The van der Waals surface area contributed by atoms with Crippen LogP contribution in [0.5, 0.6) is 5.75 Å². The zero-order valence-electron chi connectivity index (χ0n) is 17.2. The van der Waals surface area contributed by atoms with Crippen LogP contribution in [0.25, 0.3) is 16.9 Å². The van der Waals surface area contributed by atoms with Gasteiger partial charge >= 0.3 is 5.69 Å². The van der Waals surface area contributed by atoms with Crippen molar-refractivity contribution in [3.63, 3.8) is 0 Å². The molecule has 1 fully saturated rings. The Hall–Kier alpha value is -3.17. The van der Waals surface area contributed by atoms with Crippen molar-refractivity contribution in [2.75, 3.05) is 45.6 Å². The average molecular weight is 410 g/mol. The van der Waals surface area contributed by atoms with Gasteiger partial charge in [-0.1, -0.05) is 0 Å². The Labute approximate surface area is 174 Å². The van der Waals surface area contributed by atoms with Gasteiger partial charge in [0.15, 0.2) is 5.75 Å². The standard InChI is InChI=1S/C21H26N6O3/c1-3-30-19-6-4-15(12-17(19)27(28)29)21-18(14-25-10-8-24(2)9-11-25)26-13-16(22)5-7-20(26)23-21/h4-7,12-13H,3,8-11,14,22H2,1-2H3. The third kappa shape index (κ3) is 3.94. The summed E-state index contributed by atoms with van der Waals surface area (Å²) < 4.78 is 7.42. The van der Waals surface area contributed by atoms with E-state index in [0.29, 0.717) is 24.4 Å². The van der Waals surface area contributed by atoms with Crippen molar-refractivity contribution in [1.29, 1.82) is 0 Å². The van der Waals surface area contributed by atoms with E-state index in [1.807, 2.05) is 28.8 Å². The van der Waals surface area contributed by atoms with Crippen LogP contribution in [0.2, 0.25) is 0 Å². The summed E-state index contributed by atoms with van der Waals surface area (Å²) in [6, 6.07) is 8.71. The number of anilines is 1. The zero-order valence-corrected chi connectivity index (χ0v) is 17.2. The molecule has 3 heterocycles. The van der Waals surface area contributed by atoms with E-state index in [1.54, 1.807) is 19.1 Å². The van der Waals surface area contributed by atoms with Gasteiger partial charge in [0.1, 0.15) is 5.65 Å².